The van der Waals surface area contributed by atoms with Crippen LogP contribution in [0.1, 0.15) is 68.2 Å². The molecule has 1 saturated carbocycles. The van der Waals surface area contributed by atoms with E-state index in [1.807, 2.05) is 11.3 Å². The number of piperidine rings is 1. The lowest BCUT2D eigenvalue weighted by Crippen LogP contribution is -2.59. The minimum atomic E-state index is 0.498. The number of hydrogen-bond acceptors (Lipinski definition) is 4. The number of nitrogens with zero attached hydrogens (tertiary/aromatic N) is 2. The summed E-state index contributed by atoms with van der Waals surface area (Å²) >= 11 is 1.86. The summed E-state index contributed by atoms with van der Waals surface area (Å²) in [6.07, 6.45) is 5.56. The molecule has 3 aliphatic rings. The van der Waals surface area contributed by atoms with E-state index in [-0.39, 0.29) is 0 Å². The quantitative estimate of drug-likeness (QED) is 0.461. The van der Waals surface area contributed by atoms with Crippen LogP contribution in [0.2, 0.25) is 0 Å². The number of piperazine rings is 1. The number of benzene rings is 2. The summed E-state index contributed by atoms with van der Waals surface area (Å²) in [5.41, 5.74) is 5.22. The van der Waals surface area contributed by atoms with Crippen LogP contribution in [-0.2, 0) is 6.54 Å². The van der Waals surface area contributed by atoms with Crippen molar-refractivity contribution >= 4 is 21.4 Å². The van der Waals surface area contributed by atoms with Crippen molar-refractivity contribution in [3.63, 3.8) is 0 Å². The molecule has 0 radical (unpaired) electrons. The van der Waals surface area contributed by atoms with Crippen LogP contribution in [-0.4, -0.2) is 48.6 Å². The maximum absolute atomic E-state index is 3.58. The van der Waals surface area contributed by atoms with E-state index in [2.05, 4.69) is 82.9 Å². The molecular weight excluding hydrogens is 434 g/mol. The average Bonchev–Trinajstić information content (AvgIpc) is 3.33. The second kappa shape index (κ2) is 9.39. The molecule has 2 saturated heterocycles. The smallest absolute Gasteiger partial charge is 0.0481 e. The fourth-order valence-corrected chi connectivity index (χ4v) is 7.86. The maximum atomic E-state index is 3.58. The van der Waals surface area contributed by atoms with Crippen LogP contribution in [0.3, 0.4) is 0 Å². The molecule has 3 nitrogen and oxygen atoms in total. The third-order valence-corrected chi connectivity index (χ3v) is 9.82. The van der Waals surface area contributed by atoms with Gasteiger partial charge in [-0.1, -0.05) is 50.2 Å². The van der Waals surface area contributed by atoms with Gasteiger partial charge in [0.05, 0.1) is 0 Å². The Labute approximate surface area is 209 Å². The van der Waals surface area contributed by atoms with Gasteiger partial charge < -0.3 is 5.32 Å². The van der Waals surface area contributed by atoms with E-state index >= 15 is 0 Å². The number of thiophene rings is 1. The molecule has 3 aromatic rings. The van der Waals surface area contributed by atoms with E-state index in [1.165, 1.54) is 73.1 Å². The number of fused-ring (bicyclic) bond motifs is 1. The average molecular weight is 474 g/mol. The summed E-state index contributed by atoms with van der Waals surface area (Å²) in [5, 5.41) is 7.26. The molecule has 1 N–H and O–H groups in total. The Morgan fingerprint density at radius 2 is 1.82 bits per heavy atom. The molecule has 3 fully saturated rings. The number of hydrogen-bond donors (Lipinski definition) is 1. The molecule has 0 amide bonds. The van der Waals surface area contributed by atoms with Gasteiger partial charge in [0, 0.05) is 43.0 Å². The minimum Gasteiger partial charge on any atom is -0.317 e. The van der Waals surface area contributed by atoms with Gasteiger partial charge in [-0.2, -0.15) is 0 Å². The summed E-state index contributed by atoms with van der Waals surface area (Å²) in [6, 6.07) is 19.7. The molecule has 6 rings (SSSR count). The molecule has 3 heterocycles. The highest BCUT2D eigenvalue weighted by molar-refractivity contribution is 7.17. The van der Waals surface area contributed by atoms with E-state index in [4.69, 9.17) is 0 Å². The van der Waals surface area contributed by atoms with Crippen molar-refractivity contribution < 1.29 is 0 Å². The van der Waals surface area contributed by atoms with Crippen LogP contribution in [0, 0.1) is 5.41 Å². The fraction of sp³-hybridized carbons (Fsp3) is 0.533. The van der Waals surface area contributed by atoms with Crippen LogP contribution in [0.4, 0.5) is 0 Å². The normalized spacial score (nSPS) is 24.1. The third kappa shape index (κ3) is 4.24. The highest BCUT2D eigenvalue weighted by atomic mass is 32.1. The van der Waals surface area contributed by atoms with Crippen molar-refractivity contribution in [2.24, 2.45) is 5.41 Å². The molecule has 1 atom stereocenters. The van der Waals surface area contributed by atoms with Crippen LogP contribution >= 0.6 is 11.3 Å². The summed E-state index contributed by atoms with van der Waals surface area (Å²) in [6.45, 7) is 11.7. The zero-order valence-corrected chi connectivity index (χ0v) is 21.6. The Kier molecular flexibility index (Phi) is 6.27. The maximum Gasteiger partial charge on any atom is 0.0481 e. The van der Waals surface area contributed by atoms with Gasteiger partial charge in [0.15, 0.2) is 0 Å². The summed E-state index contributed by atoms with van der Waals surface area (Å²) in [7, 11) is 0. The molecule has 4 heteroatoms. The van der Waals surface area contributed by atoms with Gasteiger partial charge in [0.2, 0.25) is 0 Å². The molecule has 2 aliphatic heterocycles. The zero-order chi connectivity index (χ0) is 23.1. The van der Waals surface area contributed by atoms with Gasteiger partial charge in [-0.05, 0) is 89.7 Å². The Hall–Kier alpha value is -1.72. The second-order valence-electron chi connectivity index (χ2n) is 11.3. The highest BCUT2D eigenvalue weighted by Gasteiger charge is 2.49. The molecule has 1 unspecified atom stereocenters. The first-order valence-corrected chi connectivity index (χ1v) is 14.2. The standard InChI is InChI=1S/C30H39N3S/c1-22(2)25-7-3-4-8-27(25)28-21-32(20-23-6-5-9-29-26(23)10-17-34-29)15-16-33(28)24-18-30(19-24)11-13-31-14-12-30/h3-10,17,22,24,28,31H,11-16,18-21H2,1-2H3. The van der Waals surface area contributed by atoms with Gasteiger partial charge in [-0.15, -0.1) is 11.3 Å². The lowest BCUT2D eigenvalue weighted by Gasteiger charge is -2.57. The van der Waals surface area contributed by atoms with E-state index in [9.17, 15) is 0 Å². The van der Waals surface area contributed by atoms with Gasteiger partial charge in [-0.25, -0.2) is 0 Å². The lowest BCUT2D eigenvalue weighted by molar-refractivity contribution is -0.0650. The first kappa shape index (κ1) is 22.7. The number of nitrogens with one attached hydrogen (secondary N) is 1. The van der Waals surface area contributed by atoms with Crippen LogP contribution in [0.15, 0.2) is 53.9 Å². The van der Waals surface area contributed by atoms with Gasteiger partial charge in [0.1, 0.15) is 0 Å². The van der Waals surface area contributed by atoms with Crippen LogP contribution < -0.4 is 5.32 Å². The Bertz CT molecular complexity index is 1120. The van der Waals surface area contributed by atoms with E-state index in [0.717, 1.165) is 19.1 Å². The van der Waals surface area contributed by atoms with Crippen molar-refractivity contribution in [1.29, 1.82) is 0 Å². The van der Waals surface area contributed by atoms with E-state index in [0.29, 0.717) is 17.4 Å². The van der Waals surface area contributed by atoms with Gasteiger partial charge in [0.25, 0.3) is 0 Å². The van der Waals surface area contributed by atoms with Gasteiger partial charge >= 0.3 is 0 Å². The number of rotatable bonds is 5. The highest BCUT2D eigenvalue weighted by Crippen LogP contribution is 2.52. The SMILES string of the molecule is CC(C)c1ccccc1C1CN(Cc2cccc3sccc23)CCN1C1CC2(CCNCC2)C1. The van der Waals surface area contributed by atoms with E-state index in [1.54, 1.807) is 5.56 Å². The van der Waals surface area contributed by atoms with Crippen molar-refractivity contribution in [3.05, 3.63) is 70.6 Å². The van der Waals surface area contributed by atoms with Crippen molar-refractivity contribution in [2.75, 3.05) is 32.7 Å². The summed E-state index contributed by atoms with van der Waals surface area (Å²) in [5.74, 6) is 0.560. The van der Waals surface area contributed by atoms with Crippen LogP contribution in [0.25, 0.3) is 10.1 Å². The van der Waals surface area contributed by atoms with Crippen molar-refractivity contribution in [1.82, 2.24) is 15.1 Å². The van der Waals surface area contributed by atoms with Gasteiger partial charge in [-0.3, -0.25) is 9.80 Å². The van der Waals surface area contributed by atoms with Crippen molar-refractivity contribution in [2.45, 2.75) is 64.1 Å². The molecule has 1 aromatic heterocycles. The summed E-state index contributed by atoms with van der Waals surface area (Å²) < 4.78 is 1.42. The Morgan fingerprint density at radius 1 is 1.00 bits per heavy atom. The second-order valence-corrected chi connectivity index (χ2v) is 12.3. The lowest BCUT2D eigenvalue weighted by atomic mass is 9.60. The fourth-order valence-electron chi connectivity index (χ4n) is 7.03. The molecule has 34 heavy (non-hydrogen) atoms. The van der Waals surface area contributed by atoms with Crippen LogP contribution in [0.5, 0.6) is 0 Å². The molecular formula is C30H39N3S. The van der Waals surface area contributed by atoms with E-state index < -0.39 is 0 Å². The Balaban J connectivity index is 1.26. The predicted octanol–water partition coefficient (Wildman–Crippen LogP) is 6.42. The Morgan fingerprint density at radius 3 is 2.65 bits per heavy atom. The first-order valence-electron chi connectivity index (χ1n) is 13.3. The first-order chi connectivity index (χ1) is 16.6. The molecule has 2 aromatic carbocycles. The third-order valence-electron chi connectivity index (χ3n) is 8.93. The minimum absolute atomic E-state index is 0.498. The predicted molar refractivity (Wildman–Crippen MR) is 145 cm³/mol. The zero-order valence-electron chi connectivity index (χ0n) is 20.8. The molecule has 180 valence electrons. The molecule has 1 aliphatic carbocycles. The topological polar surface area (TPSA) is 18.5 Å². The molecule has 0 bridgehead atoms. The largest absolute Gasteiger partial charge is 0.317 e. The van der Waals surface area contributed by atoms with Crippen molar-refractivity contribution in [3.8, 4) is 0 Å². The summed E-state index contributed by atoms with van der Waals surface area (Å²) in [4.78, 5) is 5.64. The monoisotopic (exact) mass is 473 g/mol. The molecule has 1 spiro atoms.